The number of hydrogen-bond donors (Lipinski definition) is 1. The fraction of sp³-hybridized carbons (Fsp3) is 0.211. The monoisotopic (exact) mass is 295 g/mol. The summed E-state index contributed by atoms with van der Waals surface area (Å²) in [4.78, 5) is 11.9. The minimum atomic E-state index is -0.142. The highest BCUT2D eigenvalue weighted by Crippen LogP contribution is 2.14. The van der Waals surface area contributed by atoms with Crippen molar-refractivity contribution >= 4 is 17.7 Å². The van der Waals surface area contributed by atoms with E-state index in [0.717, 1.165) is 29.0 Å². The van der Waals surface area contributed by atoms with Crippen LogP contribution in [0.1, 0.15) is 24.5 Å². The van der Waals surface area contributed by atoms with Gasteiger partial charge in [-0.2, -0.15) is 0 Å². The summed E-state index contributed by atoms with van der Waals surface area (Å²) in [5.74, 6) is 0.708. The lowest BCUT2D eigenvalue weighted by atomic mass is 10.2. The maximum atomic E-state index is 11.9. The van der Waals surface area contributed by atoms with Gasteiger partial charge in [0.25, 0.3) is 0 Å². The molecule has 0 saturated heterocycles. The summed E-state index contributed by atoms with van der Waals surface area (Å²) < 4.78 is 5.52. The van der Waals surface area contributed by atoms with Crippen LogP contribution >= 0.6 is 0 Å². The number of carbonyl (C=O) groups is 1. The highest BCUT2D eigenvalue weighted by atomic mass is 16.5. The Morgan fingerprint density at radius 3 is 2.64 bits per heavy atom. The summed E-state index contributed by atoms with van der Waals surface area (Å²) >= 11 is 0. The molecule has 1 amide bonds. The van der Waals surface area contributed by atoms with Crippen LogP contribution in [-0.4, -0.2) is 12.5 Å². The quantitative estimate of drug-likeness (QED) is 0.800. The number of aryl methyl sites for hydroxylation is 1. The third kappa shape index (κ3) is 5.09. The van der Waals surface area contributed by atoms with E-state index in [0.29, 0.717) is 6.61 Å². The zero-order chi connectivity index (χ0) is 15.8. The molecule has 0 bridgehead atoms. The maximum absolute atomic E-state index is 11.9. The average Bonchev–Trinajstić information content (AvgIpc) is 2.52. The number of nitrogens with one attached hydrogen (secondary N) is 1. The first-order valence-corrected chi connectivity index (χ1v) is 7.46. The van der Waals surface area contributed by atoms with Gasteiger partial charge in [0.15, 0.2) is 0 Å². The number of ether oxygens (including phenoxy) is 1. The smallest absolute Gasteiger partial charge is 0.248 e. The highest BCUT2D eigenvalue weighted by molar-refractivity contribution is 6.01. The average molecular weight is 295 g/mol. The van der Waals surface area contributed by atoms with Crippen LogP contribution < -0.4 is 10.1 Å². The Kier molecular flexibility index (Phi) is 5.78. The van der Waals surface area contributed by atoms with Gasteiger partial charge in [0.1, 0.15) is 5.75 Å². The van der Waals surface area contributed by atoms with Crippen molar-refractivity contribution < 1.29 is 9.53 Å². The maximum Gasteiger partial charge on any atom is 0.248 e. The summed E-state index contributed by atoms with van der Waals surface area (Å²) in [6.07, 6.45) is 4.31. The topological polar surface area (TPSA) is 38.3 Å². The molecule has 0 radical (unpaired) electrons. The number of hydrogen-bond acceptors (Lipinski definition) is 2. The van der Waals surface area contributed by atoms with Gasteiger partial charge in [0.2, 0.25) is 5.91 Å². The fourth-order valence-electron chi connectivity index (χ4n) is 1.97. The largest absolute Gasteiger partial charge is 0.494 e. The predicted molar refractivity (Wildman–Crippen MR) is 91.1 cm³/mol. The molecule has 114 valence electrons. The minimum absolute atomic E-state index is 0.142. The number of carbonyl (C=O) groups excluding carboxylic acids is 1. The zero-order valence-electron chi connectivity index (χ0n) is 13.0. The van der Waals surface area contributed by atoms with Crippen molar-refractivity contribution in [2.45, 2.75) is 20.3 Å². The lowest BCUT2D eigenvalue weighted by Gasteiger charge is -2.04. The van der Waals surface area contributed by atoms with Crippen LogP contribution in [0.3, 0.4) is 0 Å². The summed E-state index contributed by atoms with van der Waals surface area (Å²) in [5.41, 5.74) is 2.88. The van der Waals surface area contributed by atoms with Gasteiger partial charge in [-0.15, -0.1) is 0 Å². The van der Waals surface area contributed by atoms with Crippen molar-refractivity contribution in [1.82, 2.24) is 0 Å². The van der Waals surface area contributed by atoms with Gasteiger partial charge in [0, 0.05) is 11.8 Å². The molecular weight excluding hydrogens is 274 g/mol. The molecule has 0 saturated carbocycles. The van der Waals surface area contributed by atoms with Crippen LogP contribution in [0.5, 0.6) is 5.75 Å². The van der Waals surface area contributed by atoms with Crippen molar-refractivity contribution in [2.24, 2.45) is 0 Å². The van der Waals surface area contributed by atoms with Crippen LogP contribution in [0.25, 0.3) is 6.08 Å². The van der Waals surface area contributed by atoms with Gasteiger partial charge in [0.05, 0.1) is 6.61 Å². The molecule has 22 heavy (non-hydrogen) atoms. The molecule has 2 aromatic carbocycles. The summed E-state index contributed by atoms with van der Waals surface area (Å²) in [5, 5.41) is 2.84. The zero-order valence-corrected chi connectivity index (χ0v) is 13.0. The Bertz CT molecular complexity index is 645. The second-order valence-corrected chi connectivity index (χ2v) is 5.11. The first-order chi connectivity index (χ1) is 10.7. The Morgan fingerprint density at radius 1 is 1.18 bits per heavy atom. The molecule has 0 spiro atoms. The van der Waals surface area contributed by atoms with Crippen LogP contribution in [0.2, 0.25) is 0 Å². The van der Waals surface area contributed by atoms with E-state index < -0.39 is 0 Å². The minimum Gasteiger partial charge on any atom is -0.494 e. The Labute approximate surface area is 131 Å². The Morgan fingerprint density at radius 2 is 1.95 bits per heavy atom. The number of amides is 1. The third-order valence-corrected chi connectivity index (χ3v) is 3.07. The van der Waals surface area contributed by atoms with E-state index in [1.807, 2.05) is 55.5 Å². The summed E-state index contributed by atoms with van der Waals surface area (Å²) in [7, 11) is 0. The van der Waals surface area contributed by atoms with E-state index in [1.54, 1.807) is 6.08 Å². The molecule has 0 fully saturated rings. The fourth-order valence-corrected chi connectivity index (χ4v) is 1.97. The third-order valence-electron chi connectivity index (χ3n) is 3.07. The molecular formula is C19H21NO2. The lowest BCUT2D eigenvalue weighted by molar-refractivity contribution is -0.111. The standard InChI is InChI=1S/C19H21NO2/c1-3-13-22-18-10-7-16(8-11-18)9-12-19(21)20-17-6-4-5-15(2)14-17/h4-12,14H,3,13H2,1-2H3,(H,20,21). The molecule has 0 aliphatic heterocycles. The van der Waals surface area contributed by atoms with Gasteiger partial charge < -0.3 is 10.1 Å². The van der Waals surface area contributed by atoms with Gasteiger partial charge >= 0.3 is 0 Å². The van der Waals surface area contributed by atoms with Crippen molar-refractivity contribution in [2.75, 3.05) is 11.9 Å². The molecule has 1 N–H and O–H groups in total. The van der Waals surface area contributed by atoms with E-state index >= 15 is 0 Å². The van der Waals surface area contributed by atoms with Crippen molar-refractivity contribution in [3.8, 4) is 5.75 Å². The second kappa shape index (κ2) is 8.03. The molecule has 3 nitrogen and oxygen atoms in total. The highest BCUT2D eigenvalue weighted by Gasteiger charge is 1.98. The Balaban J connectivity index is 1.92. The van der Waals surface area contributed by atoms with Crippen LogP contribution in [0.15, 0.2) is 54.6 Å². The molecule has 0 atom stereocenters. The van der Waals surface area contributed by atoms with Gasteiger partial charge in [-0.25, -0.2) is 0 Å². The van der Waals surface area contributed by atoms with Crippen LogP contribution in [-0.2, 0) is 4.79 Å². The van der Waals surface area contributed by atoms with Crippen molar-refractivity contribution in [1.29, 1.82) is 0 Å². The van der Waals surface area contributed by atoms with Crippen LogP contribution in [0, 0.1) is 6.92 Å². The van der Waals surface area contributed by atoms with E-state index in [1.165, 1.54) is 6.08 Å². The SMILES string of the molecule is CCCOc1ccc(C=CC(=O)Nc2cccc(C)c2)cc1. The molecule has 2 rings (SSSR count). The first kappa shape index (κ1) is 15.8. The molecule has 2 aromatic rings. The van der Waals surface area contributed by atoms with E-state index in [4.69, 9.17) is 4.74 Å². The molecule has 0 unspecified atom stereocenters. The number of benzene rings is 2. The van der Waals surface area contributed by atoms with E-state index in [2.05, 4.69) is 12.2 Å². The predicted octanol–water partition coefficient (Wildman–Crippen LogP) is 4.44. The Hall–Kier alpha value is -2.55. The lowest BCUT2D eigenvalue weighted by Crippen LogP contribution is -2.07. The molecule has 0 aliphatic rings. The number of anilines is 1. The van der Waals surface area contributed by atoms with Gasteiger partial charge in [-0.1, -0.05) is 31.2 Å². The molecule has 0 aromatic heterocycles. The molecule has 0 heterocycles. The van der Waals surface area contributed by atoms with E-state index in [-0.39, 0.29) is 5.91 Å². The summed E-state index contributed by atoms with van der Waals surface area (Å²) in [6, 6.07) is 15.4. The molecule has 0 aliphatic carbocycles. The van der Waals surface area contributed by atoms with Crippen molar-refractivity contribution in [3.63, 3.8) is 0 Å². The second-order valence-electron chi connectivity index (χ2n) is 5.11. The normalized spacial score (nSPS) is 10.6. The first-order valence-electron chi connectivity index (χ1n) is 7.46. The summed E-state index contributed by atoms with van der Waals surface area (Å²) in [6.45, 7) is 4.78. The van der Waals surface area contributed by atoms with Crippen molar-refractivity contribution in [3.05, 3.63) is 65.7 Å². The van der Waals surface area contributed by atoms with Gasteiger partial charge in [-0.05, 0) is 54.8 Å². The number of rotatable bonds is 6. The van der Waals surface area contributed by atoms with Crippen LogP contribution in [0.4, 0.5) is 5.69 Å². The van der Waals surface area contributed by atoms with E-state index in [9.17, 15) is 4.79 Å². The van der Waals surface area contributed by atoms with Gasteiger partial charge in [-0.3, -0.25) is 4.79 Å². The molecule has 3 heteroatoms.